The van der Waals surface area contributed by atoms with Crippen LogP contribution in [0, 0.1) is 0 Å². The van der Waals surface area contributed by atoms with Gasteiger partial charge in [-0.25, -0.2) is 4.39 Å². The summed E-state index contributed by atoms with van der Waals surface area (Å²) in [6.07, 6.45) is -1.23. The van der Waals surface area contributed by atoms with E-state index in [1.54, 1.807) is 0 Å². The molecule has 0 saturated carbocycles. The largest absolute Gasteiger partial charge is 0.377 e. The maximum absolute atomic E-state index is 13.2. The zero-order valence-electron chi connectivity index (χ0n) is 15.6. The molecule has 0 aliphatic rings. The first-order valence-electron chi connectivity index (χ1n) is 8.51. The van der Waals surface area contributed by atoms with Crippen LogP contribution in [0.4, 0.5) is 4.39 Å². The van der Waals surface area contributed by atoms with Gasteiger partial charge < -0.3 is 34.3 Å². The minimum atomic E-state index is -1.23. The lowest BCUT2D eigenvalue weighted by atomic mass is 10.4. The monoisotopic (exact) mass is 382 g/mol. The molecular formula is C16H31FN2O7. The zero-order valence-corrected chi connectivity index (χ0v) is 15.6. The molecule has 0 aromatic carbocycles. The number of amides is 2. The van der Waals surface area contributed by atoms with E-state index in [9.17, 15) is 14.0 Å². The number of alkyl halides is 1. The van der Waals surface area contributed by atoms with Gasteiger partial charge in [0.05, 0.1) is 59.4 Å². The third kappa shape index (κ3) is 19.0. The van der Waals surface area contributed by atoms with E-state index in [0.717, 1.165) is 0 Å². The van der Waals surface area contributed by atoms with Crippen LogP contribution in [0.25, 0.3) is 0 Å². The van der Waals surface area contributed by atoms with Crippen LogP contribution in [-0.2, 0) is 33.3 Å². The van der Waals surface area contributed by atoms with E-state index in [4.69, 9.17) is 18.9 Å². The number of nitrogens with one attached hydrogen (secondary N) is 2. The number of carbonyl (C=O) groups excluding carboxylic acids is 2. The molecule has 0 spiro atoms. The maximum Gasteiger partial charge on any atom is 0.246 e. The summed E-state index contributed by atoms with van der Waals surface area (Å²) >= 11 is 0. The van der Waals surface area contributed by atoms with Crippen LogP contribution in [0.3, 0.4) is 0 Å². The third-order valence-electron chi connectivity index (χ3n) is 2.83. The van der Waals surface area contributed by atoms with Crippen LogP contribution in [-0.4, -0.2) is 97.6 Å². The topological polar surface area (TPSA) is 104 Å². The van der Waals surface area contributed by atoms with Crippen LogP contribution in [0.2, 0.25) is 0 Å². The molecular weight excluding hydrogens is 351 g/mol. The Morgan fingerprint density at radius 3 is 1.96 bits per heavy atom. The lowest BCUT2D eigenvalue weighted by Crippen LogP contribution is -2.30. The molecule has 0 aromatic heterocycles. The first-order chi connectivity index (χ1) is 12.6. The molecule has 1 unspecified atom stereocenters. The van der Waals surface area contributed by atoms with E-state index in [1.807, 2.05) is 0 Å². The van der Waals surface area contributed by atoms with Crippen LogP contribution in [0.5, 0.6) is 0 Å². The molecule has 0 aromatic rings. The number of hydrogen-bond donors (Lipinski definition) is 2. The van der Waals surface area contributed by atoms with E-state index in [-0.39, 0.29) is 38.2 Å². The number of carbonyl (C=O) groups is 2. The lowest BCUT2D eigenvalue weighted by Gasteiger charge is -2.10. The quantitative estimate of drug-likeness (QED) is 0.302. The smallest absolute Gasteiger partial charge is 0.246 e. The molecule has 9 nitrogen and oxygen atoms in total. The Labute approximate surface area is 153 Å². The normalized spacial score (nSPS) is 12.0. The van der Waals surface area contributed by atoms with Gasteiger partial charge in [0.2, 0.25) is 11.8 Å². The highest BCUT2D eigenvalue weighted by Gasteiger charge is 2.06. The standard InChI is InChI=1S/C16H31FN2O7/c1-14(20)19-11-15(17)12-26-10-9-25-8-7-24-6-5-23-4-3-18-16(21)13-22-2/h15H,3-13H2,1-2H3,(H,18,21)(H,19,20). The lowest BCUT2D eigenvalue weighted by molar-refractivity contribution is -0.125. The van der Waals surface area contributed by atoms with Crippen molar-refractivity contribution in [2.24, 2.45) is 0 Å². The van der Waals surface area contributed by atoms with Crippen molar-refractivity contribution in [3.63, 3.8) is 0 Å². The highest BCUT2D eigenvalue weighted by atomic mass is 19.1. The Hall–Kier alpha value is -1.33. The fourth-order valence-corrected chi connectivity index (χ4v) is 1.63. The van der Waals surface area contributed by atoms with E-state index >= 15 is 0 Å². The van der Waals surface area contributed by atoms with Crippen molar-refractivity contribution in [3.8, 4) is 0 Å². The van der Waals surface area contributed by atoms with Crippen molar-refractivity contribution in [2.45, 2.75) is 13.1 Å². The zero-order chi connectivity index (χ0) is 19.5. The minimum absolute atomic E-state index is 0.0413. The Balaban J connectivity index is 3.15. The molecule has 154 valence electrons. The molecule has 0 bridgehead atoms. The van der Waals surface area contributed by atoms with Crippen molar-refractivity contribution >= 4 is 11.8 Å². The van der Waals surface area contributed by atoms with Crippen molar-refractivity contribution in [3.05, 3.63) is 0 Å². The summed E-state index contributed by atoms with van der Waals surface area (Å²) in [4.78, 5) is 21.7. The Kier molecular flexibility index (Phi) is 17.5. The van der Waals surface area contributed by atoms with Gasteiger partial charge in [0.15, 0.2) is 0 Å². The highest BCUT2D eigenvalue weighted by Crippen LogP contribution is 1.91. The number of halogens is 1. The van der Waals surface area contributed by atoms with Gasteiger partial charge in [-0.1, -0.05) is 0 Å². The summed E-state index contributed by atoms with van der Waals surface area (Å²) < 4.78 is 38.8. The van der Waals surface area contributed by atoms with Gasteiger partial charge in [-0.05, 0) is 0 Å². The van der Waals surface area contributed by atoms with Crippen molar-refractivity contribution in [1.82, 2.24) is 10.6 Å². The number of methoxy groups -OCH3 is 1. The second-order valence-electron chi connectivity index (χ2n) is 5.23. The summed E-state index contributed by atoms with van der Waals surface area (Å²) in [7, 11) is 1.46. The predicted molar refractivity (Wildman–Crippen MR) is 91.7 cm³/mol. The van der Waals surface area contributed by atoms with E-state index in [0.29, 0.717) is 46.2 Å². The SMILES string of the molecule is COCC(=O)NCCOCCOCCOCCOCC(F)CNC(C)=O. The Bertz CT molecular complexity index is 361. The molecule has 2 N–H and O–H groups in total. The van der Waals surface area contributed by atoms with Crippen molar-refractivity contribution in [2.75, 3.05) is 79.7 Å². The van der Waals surface area contributed by atoms with Crippen molar-refractivity contribution in [1.29, 1.82) is 0 Å². The third-order valence-corrected chi connectivity index (χ3v) is 2.83. The summed E-state index contributed by atoms with van der Waals surface area (Å²) in [5.74, 6) is -0.446. The second kappa shape index (κ2) is 18.5. The molecule has 10 heteroatoms. The molecule has 0 heterocycles. The summed E-state index contributed by atoms with van der Waals surface area (Å²) in [6.45, 7) is 4.37. The number of hydrogen-bond acceptors (Lipinski definition) is 7. The molecule has 1 atom stereocenters. The fourth-order valence-electron chi connectivity index (χ4n) is 1.63. The number of ether oxygens (including phenoxy) is 5. The van der Waals surface area contributed by atoms with E-state index in [1.165, 1.54) is 14.0 Å². The molecule has 0 rings (SSSR count). The summed E-state index contributed by atoms with van der Waals surface area (Å²) in [5.41, 5.74) is 0. The van der Waals surface area contributed by atoms with Crippen LogP contribution < -0.4 is 10.6 Å². The Morgan fingerprint density at radius 1 is 0.885 bits per heavy atom. The summed E-state index contributed by atoms with van der Waals surface area (Å²) in [6, 6.07) is 0. The molecule has 0 aliphatic carbocycles. The van der Waals surface area contributed by atoms with Gasteiger partial charge in [-0.15, -0.1) is 0 Å². The Morgan fingerprint density at radius 2 is 1.42 bits per heavy atom. The minimum Gasteiger partial charge on any atom is -0.377 e. The fraction of sp³-hybridized carbons (Fsp3) is 0.875. The van der Waals surface area contributed by atoms with Gasteiger partial charge in [-0.2, -0.15) is 0 Å². The molecule has 0 fully saturated rings. The van der Waals surface area contributed by atoms with Crippen LogP contribution >= 0.6 is 0 Å². The molecule has 0 saturated heterocycles. The second-order valence-corrected chi connectivity index (χ2v) is 5.23. The van der Waals surface area contributed by atoms with Gasteiger partial charge >= 0.3 is 0 Å². The predicted octanol–water partition coefficient (Wildman–Crippen LogP) is -0.710. The summed E-state index contributed by atoms with van der Waals surface area (Å²) in [5, 5.41) is 5.01. The van der Waals surface area contributed by atoms with Gasteiger partial charge in [0, 0.05) is 20.6 Å². The maximum atomic E-state index is 13.2. The first-order valence-corrected chi connectivity index (χ1v) is 8.51. The molecule has 0 radical (unpaired) electrons. The number of rotatable bonds is 18. The van der Waals surface area contributed by atoms with Gasteiger partial charge in [0.25, 0.3) is 0 Å². The van der Waals surface area contributed by atoms with Crippen molar-refractivity contribution < 1.29 is 37.7 Å². The average molecular weight is 382 g/mol. The average Bonchev–Trinajstić information content (AvgIpc) is 2.60. The van der Waals surface area contributed by atoms with Crippen LogP contribution in [0.15, 0.2) is 0 Å². The van der Waals surface area contributed by atoms with Gasteiger partial charge in [-0.3, -0.25) is 9.59 Å². The van der Waals surface area contributed by atoms with E-state index in [2.05, 4.69) is 15.4 Å². The molecule has 2 amide bonds. The molecule has 0 aliphatic heterocycles. The van der Waals surface area contributed by atoms with Gasteiger partial charge in [0.1, 0.15) is 12.8 Å². The molecule has 26 heavy (non-hydrogen) atoms. The van der Waals surface area contributed by atoms with E-state index < -0.39 is 6.17 Å². The van der Waals surface area contributed by atoms with Crippen LogP contribution in [0.1, 0.15) is 6.92 Å². The highest BCUT2D eigenvalue weighted by molar-refractivity contribution is 5.77. The first kappa shape index (κ1) is 24.7.